The molecule has 1 aromatic carbocycles. The van der Waals surface area contributed by atoms with Gasteiger partial charge in [0.05, 0.1) is 7.11 Å². The van der Waals surface area contributed by atoms with Crippen LogP contribution < -0.4 is 9.46 Å². The number of carboxylic acid groups (broad SMARTS) is 1. The van der Waals surface area contributed by atoms with Gasteiger partial charge in [-0.3, -0.25) is 4.79 Å². The van der Waals surface area contributed by atoms with Crippen molar-refractivity contribution in [3.63, 3.8) is 0 Å². The number of rotatable bonds is 11. The number of allylic oxidation sites excluding steroid dienone is 2. The molecular weight excluding hydrogens is 390 g/mol. The Morgan fingerprint density at radius 2 is 1.93 bits per heavy atom. The van der Waals surface area contributed by atoms with Gasteiger partial charge in [-0.1, -0.05) is 37.1 Å². The molecule has 2 rings (SSSR count). The summed E-state index contributed by atoms with van der Waals surface area (Å²) in [4.78, 5) is 10.5. The van der Waals surface area contributed by atoms with Crippen molar-refractivity contribution in [3.8, 4) is 5.75 Å². The van der Waals surface area contributed by atoms with Gasteiger partial charge in [-0.05, 0) is 61.8 Å². The first-order chi connectivity index (χ1) is 13.9. The van der Waals surface area contributed by atoms with Gasteiger partial charge >= 0.3 is 5.97 Å². The molecule has 29 heavy (non-hydrogen) atoms. The van der Waals surface area contributed by atoms with Crippen LogP contribution in [0.2, 0.25) is 0 Å². The molecule has 1 aliphatic carbocycles. The van der Waals surface area contributed by atoms with Gasteiger partial charge < -0.3 is 9.84 Å². The fourth-order valence-corrected chi connectivity index (χ4v) is 4.69. The Bertz CT molecular complexity index is 799. The molecule has 0 amide bonds. The van der Waals surface area contributed by atoms with Crippen LogP contribution in [0.1, 0.15) is 56.9 Å². The summed E-state index contributed by atoms with van der Waals surface area (Å²) in [5, 5.41) is 9.88. The smallest absolute Gasteiger partial charge is 0.303 e. The van der Waals surface area contributed by atoms with E-state index < -0.39 is 16.0 Å². The van der Waals surface area contributed by atoms with Gasteiger partial charge in [-0.15, -0.1) is 0 Å². The third-order valence-corrected chi connectivity index (χ3v) is 6.27. The van der Waals surface area contributed by atoms with Crippen LogP contribution in [0.4, 0.5) is 0 Å². The molecule has 1 fully saturated rings. The molecule has 0 saturated heterocycles. The number of carboxylic acids is 1. The topological polar surface area (TPSA) is 92.7 Å². The summed E-state index contributed by atoms with van der Waals surface area (Å²) in [6.45, 7) is 0. The van der Waals surface area contributed by atoms with Crippen LogP contribution in [-0.2, 0) is 14.8 Å². The first-order valence-electron chi connectivity index (χ1n) is 10.1. The normalized spacial score (nSPS) is 20.3. The molecule has 1 aliphatic rings. The summed E-state index contributed by atoms with van der Waals surface area (Å²) in [6.07, 6.45) is 12.0. The number of hydrogen-bond acceptors (Lipinski definition) is 4. The van der Waals surface area contributed by atoms with Gasteiger partial charge in [0.15, 0.2) is 0 Å². The van der Waals surface area contributed by atoms with Gasteiger partial charge in [0.1, 0.15) is 5.75 Å². The highest BCUT2D eigenvalue weighted by Crippen LogP contribution is 2.28. The first-order valence-corrected chi connectivity index (χ1v) is 11.7. The lowest BCUT2D eigenvalue weighted by Gasteiger charge is -2.31. The summed E-state index contributed by atoms with van der Waals surface area (Å²) >= 11 is 0. The van der Waals surface area contributed by atoms with E-state index in [0.717, 1.165) is 49.8 Å². The second-order valence-corrected chi connectivity index (χ2v) is 8.98. The second kappa shape index (κ2) is 11.8. The molecule has 0 heterocycles. The molecule has 0 spiro atoms. The predicted octanol–water partition coefficient (Wildman–Crippen LogP) is 4.35. The Morgan fingerprint density at radius 1 is 1.21 bits per heavy atom. The lowest BCUT2D eigenvalue weighted by atomic mass is 9.83. The SMILES string of the molecule is COc1ccc(/C=C/S(=O)(=O)NC2CCCCC2C/C=C/CCCC(=O)O)cc1. The first kappa shape index (κ1) is 23.2. The average Bonchev–Trinajstić information content (AvgIpc) is 2.70. The largest absolute Gasteiger partial charge is 0.497 e. The molecule has 0 bridgehead atoms. The standard InChI is InChI=1S/C22H31NO5S/c1-28-20-14-12-18(13-15-20)16-17-29(26,27)23-21-10-7-6-9-19(21)8-4-2-3-5-11-22(24)25/h2,4,12-17,19,21,23H,3,5-11H2,1H3,(H,24,25)/b4-2+,17-16+. The Kier molecular flexibility index (Phi) is 9.41. The molecule has 2 unspecified atom stereocenters. The van der Waals surface area contributed by atoms with E-state index >= 15 is 0 Å². The minimum atomic E-state index is -3.53. The van der Waals surface area contributed by atoms with Crippen LogP contribution in [0, 0.1) is 5.92 Å². The van der Waals surface area contributed by atoms with Gasteiger partial charge in [0.25, 0.3) is 0 Å². The molecule has 6 nitrogen and oxygen atoms in total. The summed E-state index contributed by atoms with van der Waals surface area (Å²) in [5.41, 5.74) is 0.792. The Balaban J connectivity index is 1.89. The number of ether oxygens (including phenoxy) is 1. The van der Waals surface area contributed by atoms with E-state index in [2.05, 4.69) is 10.8 Å². The summed E-state index contributed by atoms with van der Waals surface area (Å²) in [6, 6.07) is 7.13. The highest BCUT2D eigenvalue weighted by Gasteiger charge is 2.27. The van der Waals surface area contributed by atoms with Crippen molar-refractivity contribution < 1.29 is 23.1 Å². The number of aliphatic carboxylic acids is 1. The maximum absolute atomic E-state index is 12.5. The molecule has 0 aromatic heterocycles. The van der Waals surface area contributed by atoms with Crippen LogP contribution in [0.15, 0.2) is 41.8 Å². The third-order valence-electron chi connectivity index (χ3n) is 5.15. The highest BCUT2D eigenvalue weighted by molar-refractivity contribution is 7.92. The van der Waals surface area contributed by atoms with Crippen molar-refractivity contribution >= 4 is 22.1 Å². The number of sulfonamides is 1. The molecule has 0 aliphatic heterocycles. The van der Waals surface area contributed by atoms with Crippen molar-refractivity contribution in [2.24, 2.45) is 5.92 Å². The number of nitrogens with one attached hydrogen (secondary N) is 1. The minimum Gasteiger partial charge on any atom is -0.497 e. The van der Waals surface area contributed by atoms with E-state index in [1.54, 1.807) is 25.3 Å². The van der Waals surface area contributed by atoms with Crippen molar-refractivity contribution in [2.45, 2.75) is 57.4 Å². The molecule has 7 heteroatoms. The molecule has 2 atom stereocenters. The molecule has 2 N–H and O–H groups in total. The number of carbonyl (C=O) groups is 1. The average molecular weight is 422 g/mol. The Labute approximate surface area is 173 Å². The quantitative estimate of drug-likeness (QED) is 0.409. The van der Waals surface area contributed by atoms with Crippen LogP contribution in [0.5, 0.6) is 5.75 Å². The zero-order chi connectivity index (χ0) is 21.1. The highest BCUT2D eigenvalue weighted by atomic mass is 32.2. The molecule has 160 valence electrons. The van der Waals surface area contributed by atoms with Gasteiger partial charge in [-0.2, -0.15) is 0 Å². The lowest BCUT2D eigenvalue weighted by molar-refractivity contribution is -0.137. The van der Waals surface area contributed by atoms with Gasteiger partial charge in [0.2, 0.25) is 10.0 Å². The summed E-state index contributed by atoms with van der Waals surface area (Å²) in [5.74, 6) is 0.218. The minimum absolute atomic E-state index is 0.0714. The van der Waals surface area contributed by atoms with Crippen LogP contribution in [-0.4, -0.2) is 32.6 Å². The van der Waals surface area contributed by atoms with Crippen molar-refractivity contribution in [3.05, 3.63) is 47.4 Å². The number of methoxy groups -OCH3 is 1. The Morgan fingerprint density at radius 3 is 2.62 bits per heavy atom. The van der Waals surface area contributed by atoms with Crippen molar-refractivity contribution in [1.29, 1.82) is 0 Å². The number of hydrogen-bond donors (Lipinski definition) is 2. The number of benzene rings is 1. The van der Waals surface area contributed by atoms with Gasteiger partial charge in [0, 0.05) is 17.9 Å². The van der Waals surface area contributed by atoms with Crippen molar-refractivity contribution in [2.75, 3.05) is 7.11 Å². The fraction of sp³-hybridized carbons (Fsp3) is 0.500. The van der Waals surface area contributed by atoms with E-state index in [1.807, 2.05) is 18.2 Å². The summed E-state index contributed by atoms with van der Waals surface area (Å²) in [7, 11) is -1.94. The Hall–Kier alpha value is -2.12. The molecule has 1 saturated carbocycles. The van der Waals surface area contributed by atoms with E-state index in [0.29, 0.717) is 6.42 Å². The molecular formula is C22H31NO5S. The predicted molar refractivity (Wildman–Crippen MR) is 115 cm³/mol. The second-order valence-electron chi connectivity index (χ2n) is 7.38. The fourth-order valence-electron chi connectivity index (χ4n) is 3.54. The van der Waals surface area contributed by atoms with Gasteiger partial charge in [-0.25, -0.2) is 13.1 Å². The van der Waals surface area contributed by atoms with Crippen LogP contribution >= 0.6 is 0 Å². The third kappa shape index (κ3) is 8.83. The zero-order valence-corrected chi connectivity index (χ0v) is 17.7. The van der Waals surface area contributed by atoms with Crippen LogP contribution in [0.25, 0.3) is 6.08 Å². The number of unbranched alkanes of at least 4 members (excludes halogenated alkanes) is 1. The van der Waals surface area contributed by atoms with Crippen molar-refractivity contribution in [1.82, 2.24) is 4.72 Å². The zero-order valence-electron chi connectivity index (χ0n) is 16.9. The van der Waals surface area contributed by atoms with E-state index in [4.69, 9.17) is 9.84 Å². The van der Waals surface area contributed by atoms with E-state index in [9.17, 15) is 13.2 Å². The molecule has 1 aromatic rings. The lowest BCUT2D eigenvalue weighted by Crippen LogP contribution is -2.41. The maximum atomic E-state index is 12.5. The maximum Gasteiger partial charge on any atom is 0.303 e. The van der Waals surface area contributed by atoms with E-state index in [1.165, 1.54) is 5.41 Å². The summed E-state index contributed by atoms with van der Waals surface area (Å²) < 4.78 is 33.0. The molecule has 0 radical (unpaired) electrons. The monoisotopic (exact) mass is 421 g/mol. The van der Waals surface area contributed by atoms with Crippen LogP contribution in [0.3, 0.4) is 0 Å². The van der Waals surface area contributed by atoms with E-state index in [-0.39, 0.29) is 18.4 Å².